The largest absolute Gasteiger partial charge is 0.352 e. The van der Waals surface area contributed by atoms with Gasteiger partial charge in [0, 0.05) is 6.04 Å². The fraction of sp³-hybridized carbons (Fsp3) is 0.588. The first-order chi connectivity index (χ1) is 9.63. The summed E-state index contributed by atoms with van der Waals surface area (Å²) in [5, 5.41) is 3.01. The van der Waals surface area contributed by atoms with Crippen LogP contribution in [0, 0.1) is 0 Å². The second kappa shape index (κ2) is 9.54. The van der Waals surface area contributed by atoms with Gasteiger partial charge >= 0.3 is 0 Å². The maximum Gasteiger partial charge on any atom is 0.237 e. The molecule has 1 aromatic rings. The van der Waals surface area contributed by atoms with E-state index in [9.17, 15) is 4.79 Å². The van der Waals surface area contributed by atoms with E-state index in [-0.39, 0.29) is 11.9 Å². The Bertz CT molecular complexity index is 378. The van der Waals surface area contributed by atoms with E-state index in [1.807, 2.05) is 30.3 Å². The smallest absolute Gasteiger partial charge is 0.237 e. The Morgan fingerprint density at radius 1 is 1.20 bits per heavy atom. The van der Waals surface area contributed by atoms with E-state index < -0.39 is 6.04 Å². The van der Waals surface area contributed by atoms with Crippen LogP contribution in [0.2, 0.25) is 0 Å². The summed E-state index contributed by atoms with van der Waals surface area (Å²) in [6, 6.07) is 9.65. The van der Waals surface area contributed by atoms with Gasteiger partial charge in [0.05, 0.1) is 6.04 Å². The number of carbonyl (C=O) groups is 1. The summed E-state index contributed by atoms with van der Waals surface area (Å²) in [6.45, 7) is 4.26. The Hall–Kier alpha value is -1.35. The Labute approximate surface area is 122 Å². The third kappa shape index (κ3) is 6.71. The normalized spacial score (nSPS) is 13.8. The molecule has 0 heterocycles. The number of nitrogens with two attached hydrogens (primary N) is 1. The summed E-state index contributed by atoms with van der Waals surface area (Å²) in [5.41, 5.74) is 7.06. The molecule has 0 aliphatic rings. The van der Waals surface area contributed by atoms with Gasteiger partial charge in [0.1, 0.15) is 0 Å². The highest BCUT2D eigenvalue weighted by molar-refractivity contribution is 5.82. The van der Waals surface area contributed by atoms with E-state index in [1.54, 1.807) is 0 Å². The van der Waals surface area contributed by atoms with Crippen molar-refractivity contribution in [1.29, 1.82) is 0 Å². The average Bonchev–Trinajstić information content (AvgIpc) is 2.44. The number of amides is 1. The summed E-state index contributed by atoms with van der Waals surface area (Å²) < 4.78 is 0. The summed E-state index contributed by atoms with van der Waals surface area (Å²) in [7, 11) is 0. The lowest BCUT2D eigenvalue weighted by Gasteiger charge is -2.17. The van der Waals surface area contributed by atoms with E-state index in [2.05, 4.69) is 19.2 Å². The summed E-state index contributed by atoms with van der Waals surface area (Å²) >= 11 is 0. The van der Waals surface area contributed by atoms with E-state index in [0.717, 1.165) is 12.0 Å². The van der Waals surface area contributed by atoms with Crippen molar-refractivity contribution in [1.82, 2.24) is 5.32 Å². The molecule has 0 aliphatic carbocycles. The molecule has 3 heteroatoms. The number of nitrogens with one attached hydrogen (secondary N) is 1. The highest BCUT2D eigenvalue weighted by Crippen LogP contribution is 2.06. The van der Waals surface area contributed by atoms with E-state index in [4.69, 9.17) is 5.73 Å². The zero-order valence-electron chi connectivity index (χ0n) is 12.8. The van der Waals surface area contributed by atoms with Crippen LogP contribution in [0.25, 0.3) is 0 Å². The number of hydrogen-bond donors (Lipinski definition) is 2. The van der Waals surface area contributed by atoms with Crippen LogP contribution in [0.15, 0.2) is 30.3 Å². The lowest BCUT2D eigenvalue weighted by Crippen LogP contribution is -2.45. The minimum atomic E-state index is -0.463. The van der Waals surface area contributed by atoms with Crippen LogP contribution < -0.4 is 11.1 Å². The van der Waals surface area contributed by atoms with Gasteiger partial charge in [0.25, 0.3) is 0 Å². The summed E-state index contributed by atoms with van der Waals surface area (Å²) in [6.07, 6.45) is 6.55. The van der Waals surface area contributed by atoms with Gasteiger partial charge in [-0.25, -0.2) is 0 Å². The van der Waals surface area contributed by atoms with Gasteiger partial charge in [-0.1, -0.05) is 62.9 Å². The molecule has 0 radical (unpaired) electrons. The van der Waals surface area contributed by atoms with Crippen LogP contribution in [-0.2, 0) is 11.2 Å². The minimum absolute atomic E-state index is 0.0446. The van der Waals surface area contributed by atoms with Crippen molar-refractivity contribution in [3.05, 3.63) is 35.9 Å². The van der Waals surface area contributed by atoms with Gasteiger partial charge in [-0.2, -0.15) is 0 Å². The third-order valence-electron chi connectivity index (χ3n) is 3.51. The fourth-order valence-electron chi connectivity index (χ4n) is 2.26. The predicted molar refractivity (Wildman–Crippen MR) is 84.5 cm³/mol. The Morgan fingerprint density at radius 2 is 1.90 bits per heavy atom. The lowest BCUT2D eigenvalue weighted by atomic mass is 10.0. The highest BCUT2D eigenvalue weighted by Gasteiger charge is 2.15. The van der Waals surface area contributed by atoms with Crippen LogP contribution in [0.4, 0.5) is 0 Å². The van der Waals surface area contributed by atoms with E-state index >= 15 is 0 Å². The van der Waals surface area contributed by atoms with Crippen molar-refractivity contribution in [2.24, 2.45) is 5.73 Å². The van der Waals surface area contributed by atoms with Gasteiger partial charge in [-0.3, -0.25) is 4.79 Å². The summed E-state index contributed by atoms with van der Waals surface area (Å²) in [5.74, 6) is -0.0446. The Kier molecular flexibility index (Phi) is 7.97. The molecule has 3 N–H and O–H groups in total. The molecule has 1 unspecified atom stereocenters. The number of rotatable bonds is 9. The second-order valence-corrected chi connectivity index (χ2v) is 5.56. The molecule has 1 amide bonds. The maximum absolute atomic E-state index is 12.0. The van der Waals surface area contributed by atoms with E-state index in [1.165, 1.54) is 25.7 Å². The quantitative estimate of drug-likeness (QED) is 0.681. The second-order valence-electron chi connectivity index (χ2n) is 5.56. The number of unbranched alkanes of at least 4 members (excludes halogenated alkanes) is 3. The van der Waals surface area contributed by atoms with Crippen molar-refractivity contribution < 1.29 is 4.79 Å². The zero-order valence-corrected chi connectivity index (χ0v) is 12.8. The molecule has 2 atom stereocenters. The van der Waals surface area contributed by atoms with Crippen molar-refractivity contribution in [3.8, 4) is 0 Å². The molecule has 0 aliphatic heterocycles. The zero-order chi connectivity index (χ0) is 14.8. The first-order valence-corrected chi connectivity index (χ1v) is 7.73. The molecule has 0 spiro atoms. The predicted octanol–water partition coefficient (Wildman–Crippen LogP) is 3.03. The topological polar surface area (TPSA) is 55.1 Å². The van der Waals surface area contributed by atoms with Crippen molar-refractivity contribution >= 4 is 5.91 Å². The molecule has 0 bridgehead atoms. The molecule has 0 aromatic heterocycles. The minimum Gasteiger partial charge on any atom is -0.352 e. The molecule has 1 rings (SSSR count). The monoisotopic (exact) mass is 276 g/mol. The van der Waals surface area contributed by atoms with Gasteiger partial charge in [-0.05, 0) is 25.3 Å². The maximum atomic E-state index is 12.0. The summed E-state index contributed by atoms with van der Waals surface area (Å²) in [4.78, 5) is 12.0. The van der Waals surface area contributed by atoms with Crippen LogP contribution in [0.1, 0.15) is 51.5 Å². The Balaban J connectivity index is 2.27. The molecule has 0 saturated carbocycles. The third-order valence-corrected chi connectivity index (χ3v) is 3.51. The van der Waals surface area contributed by atoms with Crippen molar-refractivity contribution in [3.63, 3.8) is 0 Å². The highest BCUT2D eigenvalue weighted by atomic mass is 16.2. The molecule has 1 aromatic carbocycles. The van der Waals surface area contributed by atoms with Crippen LogP contribution in [0.3, 0.4) is 0 Å². The standard InChI is InChI=1S/C17H28N2O/c1-3-4-5-7-10-14(2)19-17(20)16(18)13-15-11-8-6-9-12-15/h6,8-9,11-12,14,16H,3-5,7,10,13,18H2,1-2H3,(H,19,20)/t14?,16-/m0/s1. The van der Waals surface area contributed by atoms with Crippen LogP contribution >= 0.6 is 0 Å². The van der Waals surface area contributed by atoms with Crippen LogP contribution in [0.5, 0.6) is 0 Å². The first kappa shape index (κ1) is 16.7. The lowest BCUT2D eigenvalue weighted by molar-refractivity contribution is -0.123. The average molecular weight is 276 g/mol. The molecular weight excluding hydrogens is 248 g/mol. The molecule has 20 heavy (non-hydrogen) atoms. The van der Waals surface area contributed by atoms with Gasteiger partial charge < -0.3 is 11.1 Å². The SMILES string of the molecule is CCCCCCC(C)NC(=O)[C@@H](N)Cc1ccccc1. The molecular formula is C17H28N2O. The molecule has 0 fully saturated rings. The fourth-order valence-corrected chi connectivity index (χ4v) is 2.26. The van der Waals surface area contributed by atoms with Gasteiger partial charge in [0.15, 0.2) is 0 Å². The van der Waals surface area contributed by atoms with Crippen molar-refractivity contribution in [2.45, 2.75) is 64.5 Å². The first-order valence-electron chi connectivity index (χ1n) is 7.73. The van der Waals surface area contributed by atoms with E-state index in [0.29, 0.717) is 6.42 Å². The van der Waals surface area contributed by atoms with Gasteiger partial charge in [-0.15, -0.1) is 0 Å². The number of benzene rings is 1. The molecule has 112 valence electrons. The van der Waals surface area contributed by atoms with Gasteiger partial charge in [0.2, 0.25) is 5.91 Å². The number of hydrogen-bond acceptors (Lipinski definition) is 2. The van der Waals surface area contributed by atoms with Crippen LogP contribution in [-0.4, -0.2) is 18.0 Å². The number of carbonyl (C=O) groups excluding carboxylic acids is 1. The molecule has 3 nitrogen and oxygen atoms in total. The Morgan fingerprint density at radius 3 is 2.55 bits per heavy atom. The van der Waals surface area contributed by atoms with Crippen molar-refractivity contribution in [2.75, 3.05) is 0 Å². The molecule has 0 saturated heterocycles.